The van der Waals surface area contributed by atoms with Crippen LogP contribution in [-0.2, 0) is 0 Å². The van der Waals surface area contributed by atoms with E-state index in [1.165, 1.54) is 167 Å². The van der Waals surface area contributed by atoms with E-state index in [-0.39, 0.29) is 0 Å². The summed E-state index contributed by atoms with van der Waals surface area (Å²) in [6.45, 7) is 0.368. The van der Waals surface area contributed by atoms with Crippen molar-refractivity contribution in [3.8, 4) is 0 Å². The minimum atomic E-state index is -2.37. The summed E-state index contributed by atoms with van der Waals surface area (Å²) in [6.07, 6.45) is 38.7. The van der Waals surface area contributed by atoms with Gasteiger partial charge in [-0.25, -0.2) is 0 Å². The van der Waals surface area contributed by atoms with E-state index in [4.69, 9.17) is 38.3 Å². The van der Waals surface area contributed by atoms with Crippen LogP contribution in [0.4, 0.5) is 0 Å². The molecule has 1 N–H and O–H groups in total. The first-order valence-electron chi connectivity index (χ1n) is 15.7. The molecule has 212 valence electrons. The molecule has 0 spiro atoms. The van der Waals surface area contributed by atoms with Crippen LogP contribution >= 0.6 is 33.2 Å². The molecule has 0 atom stereocenters. The van der Waals surface area contributed by atoms with Gasteiger partial charge in [-0.05, 0) is 12.5 Å². The standard InChI is InChI=1S/C30H61Cl3OSi/c31-35(32,33)30-28-26-24-22-20-18-16-14-12-10-8-6-4-2-1-3-5-7-9-11-13-15-17-19-21-23-25-27-29-34/h34H,1-30H2. The van der Waals surface area contributed by atoms with Crippen molar-refractivity contribution < 1.29 is 5.11 Å². The third-order valence-electron chi connectivity index (χ3n) is 7.37. The van der Waals surface area contributed by atoms with Gasteiger partial charge in [0.15, 0.2) is 0 Å². The average Bonchev–Trinajstić information content (AvgIpc) is 2.82. The summed E-state index contributed by atoms with van der Waals surface area (Å²) < 4.78 is 0. The predicted octanol–water partition coefficient (Wildman–Crippen LogP) is 12.6. The van der Waals surface area contributed by atoms with Crippen molar-refractivity contribution in [3.63, 3.8) is 0 Å². The lowest BCUT2D eigenvalue weighted by atomic mass is 10.0. The van der Waals surface area contributed by atoms with Crippen molar-refractivity contribution in [2.45, 2.75) is 186 Å². The Morgan fingerprint density at radius 2 is 0.457 bits per heavy atom. The highest BCUT2D eigenvalue weighted by molar-refractivity contribution is 7.64. The highest BCUT2D eigenvalue weighted by Gasteiger charge is 2.23. The van der Waals surface area contributed by atoms with Crippen LogP contribution in [0.5, 0.6) is 0 Å². The Bertz CT molecular complexity index is 390. The monoisotopic (exact) mass is 570 g/mol. The summed E-state index contributed by atoms with van der Waals surface area (Å²) in [5, 5.41) is 8.77. The van der Waals surface area contributed by atoms with Gasteiger partial charge in [-0.1, -0.05) is 173 Å². The van der Waals surface area contributed by atoms with Gasteiger partial charge in [0.05, 0.1) is 0 Å². The minimum Gasteiger partial charge on any atom is -0.396 e. The molecule has 0 rings (SSSR count). The first kappa shape index (κ1) is 36.0. The van der Waals surface area contributed by atoms with Crippen LogP contribution in [0, 0.1) is 0 Å². The Balaban J connectivity index is 3.03. The number of halogens is 3. The molecule has 0 heterocycles. The highest BCUT2D eigenvalue weighted by Crippen LogP contribution is 2.27. The molecular weight excluding hydrogens is 511 g/mol. The van der Waals surface area contributed by atoms with Crippen LogP contribution < -0.4 is 0 Å². The molecule has 0 saturated heterocycles. The fourth-order valence-electron chi connectivity index (χ4n) is 5.03. The largest absolute Gasteiger partial charge is 0.396 e. The quantitative estimate of drug-likeness (QED) is 0.0516. The fraction of sp³-hybridized carbons (Fsp3) is 1.00. The van der Waals surface area contributed by atoms with Crippen molar-refractivity contribution in [3.05, 3.63) is 0 Å². The Morgan fingerprint density at radius 1 is 0.286 bits per heavy atom. The molecule has 0 aromatic rings. The van der Waals surface area contributed by atoms with E-state index >= 15 is 0 Å². The Kier molecular flexibility index (Phi) is 30.5. The lowest BCUT2D eigenvalue weighted by Gasteiger charge is -2.07. The van der Waals surface area contributed by atoms with E-state index in [0.29, 0.717) is 6.61 Å². The molecule has 0 aromatic heterocycles. The summed E-state index contributed by atoms with van der Waals surface area (Å²) in [5.41, 5.74) is 0. The normalized spacial score (nSPS) is 12.0. The summed E-state index contributed by atoms with van der Waals surface area (Å²) >= 11 is 17.7. The van der Waals surface area contributed by atoms with Gasteiger partial charge in [-0.2, -0.15) is 0 Å². The molecule has 0 aliphatic heterocycles. The van der Waals surface area contributed by atoms with Crippen LogP contribution in [0.2, 0.25) is 6.04 Å². The van der Waals surface area contributed by atoms with Crippen LogP contribution in [0.1, 0.15) is 180 Å². The molecule has 0 bridgehead atoms. The van der Waals surface area contributed by atoms with Crippen molar-refractivity contribution in [2.75, 3.05) is 6.61 Å². The van der Waals surface area contributed by atoms with Gasteiger partial charge < -0.3 is 5.11 Å². The second kappa shape index (κ2) is 29.6. The summed E-state index contributed by atoms with van der Waals surface area (Å²) in [5.74, 6) is 0. The third-order valence-corrected chi connectivity index (χ3v) is 9.99. The highest BCUT2D eigenvalue weighted by atomic mass is 35.8. The van der Waals surface area contributed by atoms with Crippen molar-refractivity contribution in [1.82, 2.24) is 0 Å². The van der Waals surface area contributed by atoms with Gasteiger partial charge in [0, 0.05) is 6.61 Å². The predicted molar refractivity (Wildman–Crippen MR) is 164 cm³/mol. The van der Waals surface area contributed by atoms with E-state index < -0.39 is 6.00 Å². The Hall–Kier alpha value is 1.05. The maximum atomic E-state index is 8.77. The molecular formula is C30H61Cl3OSi. The van der Waals surface area contributed by atoms with Gasteiger partial charge in [0.25, 0.3) is 0 Å². The number of rotatable bonds is 30. The number of hydrogen-bond donors (Lipinski definition) is 1. The number of hydrogen-bond acceptors (Lipinski definition) is 1. The van der Waals surface area contributed by atoms with E-state index in [9.17, 15) is 0 Å². The summed E-state index contributed by atoms with van der Waals surface area (Å²) in [4.78, 5) is 0. The first-order chi connectivity index (χ1) is 17.1. The second-order valence-electron chi connectivity index (χ2n) is 11.0. The molecule has 5 heteroatoms. The van der Waals surface area contributed by atoms with Crippen molar-refractivity contribution >= 4 is 39.2 Å². The Morgan fingerprint density at radius 3 is 0.629 bits per heavy atom. The average molecular weight is 572 g/mol. The lowest BCUT2D eigenvalue weighted by Crippen LogP contribution is -2.07. The molecule has 0 radical (unpaired) electrons. The maximum absolute atomic E-state index is 8.77. The van der Waals surface area contributed by atoms with Crippen LogP contribution in [0.15, 0.2) is 0 Å². The maximum Gasteiger partial charge on any atom is 0.341 e. The van der Waals surface area contributed by atoms with E-state index in [0.717, 1.165) is 18.9 Å². The SMILES string of the molecule is OCCCCCCCCCCCCCCCCCCCCCCCCCCCCCC[Si](Cl)(Cl)Cl. The van der Waals surface area contributed by atoms with Crippen molar-refractivity contribution in [2.24, 2.45) is 0 Å². The van der Waals surface area contributed by atoms with Crippen LogP contribution in [0.3, 0.4) is 0 Å². The molecule has 0 unspecified atom stereocenters. The third kappa shape index (κ3) is 35.0. The van der Waals surface area contributed by atoms with Crippen molar-refractivity contribution in [1.29, 1.82) is 0 Å². The molecule has 0 fully saturated rings. The zero-order valence-corrected chi connectivity index (χ0v) is 26.6. The molecule has 35 heavy (non-hydrogen) atoms. The van der Waals surface area contributed by atoms with Gasteiger partial charge in [0.1, 0.15) is 0 Å². The van der Waals surface area contributed by atoms with Gasteiger partial charge in [-0.3, -0.25) is 0 Å². The summed E-state index contributed by atoms with van der Waals surface area (Å²) in [7, 11) is 0. The zero-order chi connectivity index (χ0) is 25.7. The van der Waals surface area contributed by atoms with E-state index in [1.54, 1.807) is 0 Å². The smallest absolute Gasteiger partial charge is 0.341 e. The number of aliphatic hydroxyl groups is 1. The molecule has 0 amide bonds. The van der Waals surface area contributed by atoms with Gasteiger partial charge >= 0.3 is 6.00 Å². The van der Waals surface area contributed by atoms with Gasteiger partial charge in [-0.15, -0.1) is 33.2 Å². The Labute approximate surface area is 236 Å². The van der Waals surface area contributed by atoms with Gasteiger partial charge in [0.2, 0.25) is 0 Å². The lowest BCUT2D eigenvalue weighted by molar-refractivity contribution is 0.282. The zero-order valence-electron chi connectivity index (χ0n) is 23.3. The number of unbranched alkanes of at least 4 members (excludes halogenated alkanes) is 27. The van der Waals surface area contributed by atoms with Crippen LogP contribution in [0.25, 0.3) is 0 Å². The molecule has 0 aromatic carbocycles. The fourth-order valence-corrected chi connectivity index (χ4v) is 6.89. The topological polar surface area (TPSA) is 20.2 Å². The molecule has 0 aliphatic carbocycles. The first-order valence-corrected chi connectivity index (χ1v) is 21.0. The van der Waals surface area contributed by atoms with E-state index in [2.05, 4.69) is 0 Å². The van der Waals surface area contributed by atoms with Crippen LogP contribution in [-0.4, -0.2) is 17.7 Å². The molecule has 0 aliphatic rings. The number of aliphatic hydroxyl groups excluding tert-OH is 1. The minimum absolute atomic E-state index is 0.368. The summed E-state index contributed by atoms with van der Waals surface area (Å²) in [6, 6.07) is -1.54. The van der Waals surface area contributed by atoms with E-state index in [1.807, 2.05) is 0 Å². The molecule has 0 saturated carbocycles. The second-order valence-corrected chi connectivity index (χ2v) is 20.3. The molecule has 1 nitrogen and oxygen atoms in total.